The van der Waals surface area contributed by atoms with E-state index in [1.807, 2.05) is 12.1 Å². The number of ether oxygens (including phenoxy) is 2. The van der Waals surface area contributed by atoms with Gasteiger partial charge >= 0.3 is 0 Å². The normalized spacial score (nSPS) is 14.2. The van der Waals surface area contributed by atoms with Crippen LogP contribution in [-0.2, 0) is 13.2 Å². The first-order chi connectivity index (χ1) is 10.2. The minimum atomic E-state index is 0.205. The quantitative estimate of drug-likeness (QED) is 0.859. The first-order valence-corrected chi connectivity index (χ1v) is 7.52. The second kappa shape index (κ2) is 6.03. The smallest absolute Gasteiger partial charge is 0.264 e. The van der Waals surface area contributed by atoms with Crippen LogP contribution in [-0.4, -0.2) is 17.3 Å². The predicted octanol–water partition coefficient (Wildman–Crippen LogP) is 2.76. The van der Waals surface area contributed by atoms with Gasteiger partial charge in [-0.05, 0) is 46.5 Å². The molecule has 7 heteroatoms. The van der Waals surface area contributed by atoms with Crippen LogP contribution in [0.1, 0.15) is 36.0 Å². The van der Waals surface area contributed by atoms with Gasteiger partial charge in [0.15, 0.2) is 23.9 Å². The van der Waals surface area contributed by atoms with Crippen LogP contribution in [0.4, 0.5) is 0 Å². The molecular formula is C14H16BrN3O3. The van der Waals surface area contributed by atoms with Gasteiger partial charge in [-0.25, -0.2) is 0 Å². The second-order valence-electron chi connectivity index (χ2n) is 4.92. The number of aromatic nitrogens is 2. The van der Waals surface area contributed by atoms with Gasteiger partial charge in [0.1, 0.15) is 0 Å². The largest absolute Gasteiger partial charge is 0.493 e. The van der Waals surface area contributed by atoms with Gasteiger partial charge in [0.2, 0.25) is 0 Å². The molecule has 21 heavy (non-hydrogen) atoms. The highest BCUT2D eigenvalue weighted by Crippen LogP contribution is 2.39. The highest BCUT2D eigenvalue weighted by Gasteiger charge is 2.28. The fourth-order valence-corrected chi connectivity index (χ4v) is 2.60. The van der Waals surface area contributed by atoms with Crippen LogP contribution in [0.25, 0.3) is 0 Å². The Kier molecular flexibility index (Phi) is 4.12. The lowest BCUT2D eigenvalue weighted by Crippen LogP contribution is -2.02. The number of benzene rings is 1. The molecule has 0 amide bonds. The average Bonchev–Trinajstić information content (AvgIpc) is 3.24. The van der Waals surface area contributed by atoms with E-state index in [1.165, 1.54) is 0 Å². The van der Waals surface area contributed by atoms with Gasteiger partial charge in [-0.2, -0.15) is 4.98 Å². The van der Waals surface area contributed by atoms with Crippen molar-refractivity contribution < 1.29 is 14.0 Å². The van der Waals surface area contributed by atoms with Crippen molar-refractivity contribution in [3.05, 3.63) is 33.9 Å². The summed E-state index contributed by atoms with van der Waals surface area (Å²) in [5, 5.41) is 3.96. The van der Waals surface area contributed by atoms with Crippen LogP contribution in [0, 0.1) is 0 Å². The molecule has 1 aromatic heterocycles. The molecule has 0 saturated heterocycles. The fourth-order valence-electron chi connectivity index (χ4n) is 2.00. The zero-order chi connectivity index (χ0) is 14.8. The van der Waals surface area contributed by atoms with Crippen LogP contribution in [0.2, 0.25) is 0 Å². The zero-order valence-electron chi connectivity index (χ0n) is 11.6. The topological polar surface area (TPSA) is 83.4 Å². The Morgan fingerprint density at radius 1 is 1.43 bits per heavy atom. The molecule has 1 aliphatic rings. The van der Waals surface area contributed by atoms with E-state index >= 15 is 0 Å². The van der Waals surface area contributed by atoms with Crippen molar-refractivity contribution in [2.45, 2.75) is 31.9 Å². The molecule has 0 atom stereocenters. The maximum absolute atomic E-state index is 5.75. The van der Waals surface area contributed by atoms with Crippen molar-refractivity contribution in [1.82, 2.24) is 10.1 Å². The SMILES string of the molecule is COc1cc(CN)cc(Br)c1OCc1nc(C2CC2)no1. The molecule has 0 unspecified atom stereocenters. The maximum atomic E-state index is 5.75. The van der Waals surface area contributed by atoms with Gasteiger partial charge in [-0.15, -0.1) is 0 Å². The fraction of sp³-hybridized carbons (Fsp3) is 0.429. The molecule has 0 spiro atoms. The molecule has 2 N–H and O–H groups in total. The van der Waals surface area contributed by atoms with Crippen molar-refractivity contribution in [2.75, 3.05) is 7.11 Å². The Morgan fingerprint density at radius 2 is 2.24 bits per heavy atom. The predicted molar refractivity (Wildman–Crippen MR) is 79.2 cm³/mol. The third-order valence-electron chi connectivity index (χ3n) is 3.29. The lowest BCUT2D eigenvalue weighted by Gasteiger charge is -2.12. The van der Waals surface area contributed by atoms with E-state index in [1.54, 1.807) is 7.11 Å². The van der Waals surface area contributed by atoms with E-state index in [-0.39, 0.29) is 6.61 Å². The summed E-state index contributed by atoms with van der Waals surface area (Å²) in [5.74, 6) is 2.92. The molecule has 1 aliphatic carbocycles. The van der Waals surface area contributed by atoms with Crippen molar-refractivity contribution in [1.29, 1.82) is 0 Å². The van der Waals surface area contributed by atoms with E-state index in [0.29, 0.717) is 29.9 Å². The van der Waals surface area contributed by atoms with Crippen LogP contribution in [0.3, 0.4) is 0 Å². The Morgan fingerprint density at radius 3 is 2.90 bits per heavy atom. The number of hydrogen-bond donors (Lipinski definition) is 1. The molecule has 3 rings (SSSR count). The highest BCUT2D eigenvalue weighted by molar-refractivity contribution is 9.10. The minimum Gasteiger partial charge on any atom is -0.493 e. The van der Waals surface area contributed by atoms with Crippen LogP contribution in [0.15, 0.2) is 21.1 Å². The zero-order valence-corrected chi connectivity index (χ0v) is 13.2. The summed E-state index contributed by atoms with van der Waals surface area (Å²) >= 11 is 3.46. The van der Waals surface area contributed by atoms with Gasteiger partial charge in [-0.3, -0.25) is 0 Å². The molecule has 0 radical (unpaired) electrons. The van der Waals surface area contributed by atoms with Crippen molar-refractivity contribution in [2.24, 2.45) is 5.73 Å². The van der Waals surface area contributed by atoms with Gasteiger partial charge in [0.05, 0.1) is 11.6 Å². The van der Waals surface area contributed by atoms with E-state index in [2.05, 4.69) is 26.1 Å². The number of rotatable bonds is 6. The summed E-state index contributed by atoms with van der Waals surface area (Å²) < 4.78 is 17.0. The number of hydrogen-bond acceptors (Lipinski definition) is 6. The monoisotopic (exact) mass is 353 g/mol. The molecule has 1 aromatic carbocycles. The molecule has 1 heterocycles. The van der Waals surface area contributed by atoms with E-state index in [0.717, 1.165) is 28.7 Å². The number of methoxy groups -OCH3 is 1. The summed E-state index contributed by atoms with van der Waals surface area (Å²) in [6.07, 6.45) is 2.28. The van der Waals surface area contributed by atoms with Crippen LogP contribution < -0.4 is 15.2 Å². The minimum absolute atomic E-state index is 0.205. The molecule has 1 fully saturated rings. The third-order valence-corrected chi connectivity index (χ3v) is 3.88. The number of nitrogens with zero attached hydrogens (tertiary/aromatic N) is 2. The number of halogens is 1. The maximum Gasteiger partial charge on any atom is 0.264 e. The summed E-state index contributed by atoms with van der Waals surface area (Å²) in [6.45, 7) is 0.639. The Bertz CT molecular complexity index is 640. The van der Waals surface area contributed by atoms with Crippen molar-refractivity contribution >= 4 is 15.9 Å². The summed E-state index contributed by atoms with van der Waals surface area (Å²) in [7, 11) is 1.59. The Balaban J connectivity index is 1.74. The molecule has 0 aliphatic heterocycles. The van der Waals surface area contributed by atoms with Gasteiger partial charge < -0.3 is 19.7 Å². The first-order valence-electron chi connectivity index (χ1n) is 6.73. The molecular weight excluding hydrogens is 338 g/mol. The van der Waals surface area contributed by atoms with E-state index in [9.17, 15) is 0 Å². The van der Waals surface area contributed by atoms with Crippen molar-refractivity contribution in [3.63, 3.8) is 0 Å². The molecule has 1 saturated carbocycles. The third kappa shape index (κ3) is 3.19. The molecule has 2 aromatic rings. The van der Waals surface area contributed by atoms with Crippen LogP contribution in [0.5, 0.6) is 11.5 Å². The summed E-state index contributed by atoms with van der Waals surface area (Å²) in [5.41, 5.74) is 6.60. The van der Waals surface area contributed by atoms with Crippen molar-refractivity contribution in [3.8, 4) is 11.5 Å². The standard InChI is InChI=1S/C14H16BrN3O3/c1-19-11-5-8(6-16)4-10(15)13(11)20-7-12-17-14(18-21-12)9-2-3-9/h4-5,9H,2-3,6-7,16H2,1H3. The summed E-state index contributed by atoms with van der Waals surface area (Å²) in [6, 6.07) is 3.75. The van der Waals surface area contributed by atoms with E-state index in [4.69, 9.17) is 19.7 Å². The second-order valence-corrected chi connectivity index (χ2v) is 5.78. The Hall–Kier alpha value is -1.60. The lowest BCUT2D eigenvalue weighted by molar-refractivity contribution is 0.231. The highest BCUT2D eigenvalue weighted by atomic mass is 79.9. The summed E-state index contributed by atoms with van der Waals surface area (Å²) in [4.78, 5) is 4.33. The van der Waals surface area contributed by atoms with Gasteiger partial charge in [-0.1, -0.05) is 5.16 Å². The lowest BCUT2D eigenvalue weighted by atomic mass is 10.2. The van der Waals surface area contributed by atoms with Gasteiger partial charge in [0.25, 0.3) is 5.89 Å². The van der Waals surface area contributed by atoms with E-state index < -0.39 is 0 Å². The Labute approximate surface area is 130 Å². The average molecular weight is 354 g/mol. The molecule has 112 valence electrons. The first kappa shape index (κ1) is 14.3. The molecule has 6 nitrogen and oxygen atoms in total. The molecule has 0 bridgehead atoms. The van der Waals surface area contributed by atoms with Gasteiger partial charge in [0, 0.05) is 12.5 Å². The number of nitrogens with two attached hydrogens (primary N) is 1. The van der Waals surface area contributed by atoms with Crippen LogP contribution >= 0.6 is 15.9 Å².